The number of carbonyl (C=O) groups is 1. The third-order valence-corrected chi connectivity index (χ3v) is 3.48. The molecule has 3 nitrogen and oxygen atoms in total. The molecule has 0 spiro atoms. The molecule has 0 saturated carbocycles. The highest BCUT2D eigenvalue weighted by molar-refractivity contribution is 7.98. The van der Waals surface area contributed by atoms with Crippen LogP contribution in [0.2, 0.25) is 0 Å². The van der Waals surface area contributed by atoms with E-state index in [0.717, 1.165) is 5.75 Å². The van der Waals surface area contributed by atoms with Gasteiger partial charge in [-0.05, 0) is 31.8 Å². The van der Waals surface area contributed by atoms with E-state index in [1.807, 2.05) is 13.2 Å². The Morgan fingerprint density at radius 2 is 2.46 bits per heavy atom. The monoisotopic (exact) mass is 204 g/mol. The van der Waals surface area contributed by atoms with E-state index < -0.39 is 11.4 Å². The average molecular weight is 204 g/mol. The van der Waals surface area contributed by atoms with Crippen molar-refractivity contribution < 1.29 is 14.6 Å². The van der Waals surface area contributed by atoms with Crippen LogP contribution in [0.5, 0.6) is 0 Å². The fourth-order valence-electron chi connectivity index (χ4n) is 1.78. The molecular weight excluding hydrogens is 188 g/mol. The second kappa shape index (κ2) is 4.33. The smallest absolute Gasteiger partial charge is 0.312 e. The van der Waals surface area contributed by atoms with Gasteiger partial charge in [-0.1, -0.05) is 0 Å². The number of hydrogen-bond acceptors (Lipinski definition) is 3. The van der Waals surface area contributed by atoms with Crippen LogP contribution in [0.25, 0.3) is 0 Å². The minimum atomic E-state index is -0.702. The largest absolute Gasteiger partial charge is 0.481 e. The minimum absolute atomic E-state index is 0.142. The van der Waals surface area contributed by atoms with Crippen molar-refractivity contribution in [3.8, 4) is 0 Å². The molecule has 13 heavy (non-hydrogen) atoms. The summed E-state index contributed by atoms with van der Waals surface area (Å²) in [4.78, 5) is 11.2. The van der Waals surface area contributed by atoms with Crippen LogP contribution in [-0.2, 0) is 9.53 Å². The van der Waals surface area contributed by atoms with Crippen LogP contribution < -0.4 is 0 Å². The number of aliphatic carboxylic acids is 1. The van der Waals surface area contributed by atoms with Crippen molar-refractivity contribution in [1.82, 2.24) is 0 Å². The number of carboxylic acid groups (broad SMARTS) is 1. The molecule has 0 amide bonds. The number of thioether (sulfide) groups is 1. The molecule has 2 atom stereocenters. The van der Waals surface area contributed by atoms with E-state index in [0.29, 0.717) is 19.4 Å². The first kappa shape index (κ1) is 10.9. The van der Waals surface area contributed by atoms with Gasteiger partial charge in [0.25, 0.3) is 0 Å². The SMILES string of the molecule is CSCCC1(C(=O)O)CCOC1C. The van der Waals surface area contributed by atoms with Crippen LogP contribution in [0.1, 0.15) is 19.8 Å². The maximum atomic E-state index is 11.2. The van der Waals surface area contributed by atoms with Crippen LogP contribution in [0.4, 0.5) is 0 Å². The van der Waals surface area contributed by atoms with Gasteiger partial charge in [-0.25, -0.2) is 0 Å². The zero-order valence-corrected chi connectivity index (χ0v) is 8.89. The number of carboxylic acids is 1. The van der Waals surface area contributed by atoms with Crippen LogP contribution in [0.3, 0.4) is 0 Å². The Bertz CT molecular complexity index is 195. The molecular formula is C9H16O3S. The van der Waals surface area contributed by atoms with Crippen LogP contribution in [0, 0.1) is 5.41 Å². The molecule has 0 aromatic carbocycles. The van der Waals surface area contributed by atoms with Gasteiger partial charge >= 0.3 is 5.97 Å². The molecule has 4 heteroatoms. The van der Waals surface area contributed by atoms with E-state index in [9.17, 15) is 9.90 Å². The van der Waals surface area contributed by atoms with Gasteiger partial charge in [0, 0.05) is 6.61 Å². The Morgan fingerprint density at radius 3 is 2.85 bits per heavy atom. The standard InChI is InChI=1S/C9H16O3S/c1-7-9(8(10)11,3-5-12-7)4-6-13-2/h7H,3-6H2,1-2H3,(H,10,11). The van der Waals surface area contributed by atoms with Crippen molar-refractivity contribution in [2.24, 2.45) is 5.41 Å². The van der Waals surface area contributed by atoms with Crippen LogP contribution in [0.15, 0.2) is 0 Å². The molecule has 0 aliphatic carbocycles. The van der Waals surface area contributed by atoms with Gasteiger partial charge in [-0.15, -0.1) is 0 Å². The Morgan fingerprint density at radius 1 is 1.77 bits per heavy atom. The van der Waals surface area contributed by atoms with E-state index in [-0.39, 0.29) is 6.10 Å². The van der Waals surface area contributed by atoms with Gasteiger partial charge < -0.3 is 9.84 Å². The lowest BCUT2D eigenvalue weighted by atomic mass is 9.79. The summed E-state index contributed by atoms with van der Waals surface area (Å²) in [7, 11) is 0. The highest BCUT2D eigenvalue weighted by Gasteiger charge is 2.47. The lowest BCUT2D eigenvalue weighted by molar-refractivity contribution is -0.152. The van der Waals surface area contributed by atoms with Crippen LogP contribution in [-0.4, -0.2) is 35.8 Å². The summed E-state index contributed by atoms with van der Waals surface area (Å²) in [6.45, 7) is 2.45. The van der Waals surface area contributed by atoms with E-state index >= 15 is 0 Å². The Labute approximate surface area is 82.8 Å². The zero-order valence-electron chi connectivity index (χ0n) is 8.08. The van der Waals surface area contributed by atoms with Crippen molar-refractivity contribution in [1.29, 1.82) is 0 Å². The summed E-state index contributed by atoms with van der Waals surface area (Å²) in [5.74, 6) is 0.187. The molecule has 2 unspecified atom stereocenters. The summed E-state index contributed by atoms with van der Waals surface area (Å²) >= 11 is 1.69. The van der Waals surface area contributed by atoms with Crippen molar-refractivity contribution in [2.75, 3.05) is 18.6 Å². The van der Waals surface area contributed by atoms with Crippen molar-refractivity contribution in [3.63, 3.8) is 0 Å². The lowest BCUT2D eigenvalue weighted by Gasteiger charge is -2.26. The Kier molecular flexibility index (Phi) is 3.62. The van der Waals surface area contributed by atoms with Gasteiger partial charge in [-0.2, -0.15) is 11.8 Å². The third kappa shape index (κ3) is 1.99. The number of ether oxygens (including phenoxy) is 1. The molecule has 0 aromatic rings. The highest BCUT2D eigenvalue weighted by atomic mass is 32.2. The second-order valence-electron chi connectivity index (χ2n) is 3.47. The van der Waals surface area contributed by atoms with Gasteiger partial charge in [0.2, 0.25) is 0 Å². The van der Waals surface area contributed by atoms with E-state index in [1.165, 1.54) is 0 Å². The lowest BCUT2D eigenvalue weighted by Crippen LogP contribution is -2.37. The molecule has 1 N–H and O–H groups in total. The zero-order chi connectivity index (χ0) is 9.90. The molecule has 1 fully saturated rings. The van der Waals surface area contributed by atoms with E-state index in [2.05, 4.69) is 0 Å². The van der Waals surface area contributed by atoms with E-state index in [4.69, 9.17) is 4.74 Å². The average Bonchev–Trinajstić information content (AvgIpc) is 2.45. The summed E-state index contributed by atoms with van der Waals surface area (Å²) in [5, 5.41) is 9.17. The molecule has 1 aliphatic heterocycles. The number of rotatable bonds is 4. The maximum absolute atomic E-state index is 11.2. The summed E-state index contributed by atoms with van der Waals surface area (Å²) in [6.07, 6.45) is 3.22. The molecule has 1 aliphatic rings. The molecule has 1 rings (SSSR count). The maximum Gasteiger partial charge on any atom is 0.312 e. The fraction of sp³-hybridized carbons (Fsp3) is 0.889. The van der Waals surface area contributed by atoms with Crippen LogP contribution >= 0.6 is 11.8 Å². The van der Waals surface area contributed by atoms with Gasteiger partial charge in [0.05, 0.1) is 11.5 Å². The minimum Gasteiger partial charge on any atom is -0.481 e. The topological polar surface area (TPSA) is 46.5 Å². The molecule has 1 saturated heterocycles. The molecule has 0 aromatic heterocycles. The van der Waals surface area contributed by atoms with Gasteiger partial charge in [-0.3, -0.25) is 4.79 Å². The first-order chi connectivity index (χ1) is 6.13. The van der Waals surface area contributed by atoms with E-state index in [1.54, 1.807) is 11.8 Å². The summed E-state index contributed by atoms with van der Waals surface area (Å²) in [6, 6.07) is 0. The first-order valence-electron chi connectivity index (χ1n) is 4.47. The highest BCUT2D eigenvalue weighted by Crippen LogP contribution is 2.39. The fourth-order valence-corrected chi connectivity index (χ4v) is 2.35. The third-order valence-electron chi connectivity index (χ3n) is 2.87. The second-order valence-corrected chi connectivity index (χ2v) is 4.45. The predicted octanol–water partition coefficient (Wildman–Crippen LogP) is 1.62. The molecule has 0 bridgehead atoms. The quantitative estimate of drug-likeness (QED) is 0.756. The normalized spacial score (nSPS) is 33.5. The Hall–Kier alpha value is -0.220. The Balaban J connectivity index is 2.68. The molecule has 0 radical (unpaired) electrons. The first-order valence-corrected chi connectivity index (χ1v) is 5.87. The van der Waals surface area contributed by atoms with Gasteiger partial charge in [0.15, 0.2) is 0 Å². The van der Waals surface area contributed by atoms with Crippen molar-refractivity contribution >= 4 is 17.7 Å². The number of hydrogen-bond donors (Lipinski definition) is 1. The molecule has 76 valence electrons. The molecule has 1 heterocycles. The van der Waals surface area contributed by atoms with Gasteiger partial charge in [0.1, 0.15) is 0 Å². The summed E-state index contributed by atoms with van der Waals surface area (Å²) in [5.41, 5.74) is -0.622. The van der Waals surface area contributed by atoms with Crippen molar-refractivity contribution in [2.45, 2.75) is 25.9 Å². The predicted molar refractivity (Wildman–Crippen MR) is 53.1 cm³/mol. The summed E-state index contributed by atoms with van der Waals surface area (Å²) < 4.78 is 5.34. The van der Waals surface area contributed by atoms with Crippen molar-refractivity contribution in [3.05, 3.63) is 0 Å².